The average molecular weight is 319 g/mol. The summed E-state index contributed by atoms with van der Waals surface area (Å²) < 4.78 is 32.5. The zero-order valence-electron chi connectivity index (χ0n) is 12.0. The second-order valence-corrected chi connectivity index (χ2v) is 8.23. The van der Waals surface area contributed by atoms with Gasteiger partial charge in [-0.05, 0) is 32.6 Å². The van der Waals surface area contributed by atoms with E-state index in [0.29, 0.717) is 24.8 Å². The number of nitrogens with two attached hydrogens (primary N) is 1. The number of methoxy groups -OCH3 is 1. The first-order valence-electron chi connectivity index (χ1n) is 6.61. The molecule has 1 fully saturated rings. The Bertz CT molecular complexity index is 567. The van der Waals surface area contributed by atoms with Crippen LogP contribution in [0.15, 0.2) is 4.21 Å². The minimum atomic E-state index is -3.56. The second kappa shape index (κ2) is 5.97. The van der Waals surface area contributed by atoms with Gasteiger partial charge in [-0.3, -0.25) is 0 Å². The topological polar surface area (TPSA) is 85.5 Å². The Morgan fingerprint density at radius 2 is 2.20 bits per heavy atom. The number of aromatic nitrogens is 1. The van der Waals surface area contributed by atoms with Crippen LogP contribution < -0.4 is 5.73 Å². The summed E-state index contributed by atoms with van der Waals surface area (Å²) in [6.45, 7) is 4.37. The van der Waals surface area contributed by atoms with Gasteiger partial charge >= 0.3 is 0 Å². The Morgan fingerprint density at radius 1 is 1.55 bits per heavy atom. The molecule has 1 saturated carbocycles. The zero-order chi connectivity index (χ0) is 14.9. The van der Waals surface area contributed by atoms with Crippen LogP contribution in [-0.2, 0) is 14.8 Å². The van der Waals surface area contributed by atoms with Gasteiger partial charge in [-0.2, -0.15) is 4.31 Å². The monoisotopic (exact) mass is 319 g/mol. The highest BCUT2D eigenvalue weighted by Crippen LogP contribution is 2.38. The quantitative estimate of drug-likeness (QED) is 0.822. The van der Waals surface area contributed by atoms with E-state index in [-0.39, 0.29) is 15.4 Å². The molecule has 1 heterocycles. The van der Waals surface area contributed by atoms with Crippen molar-refractivity contribution in [1.82, 2.24) is 9.29 Å². The number of hydrogen-bond donors (Lipinski definition) is 1. The van der Waals surface area contributed by atoms with E-state index in [1.165, 1.54) is 4.31 Å². The molecule has 1 atom stereocenters. The molecule has 1 unspecified atom stereocenters. The summed E-state index contributed by atoms with van der Waals surface area (Å²) in [7, 11) is -1.99. The number of hydrogen-bond acceptors (Lipinski definition) is 6. The lowest BCUT2D eigenvalue weighted by atomic mass is 10.2. The van der Waals surface area contributed by atoms with Crippen LogP contribution in [0.5, 0.6) is 0 Å². The molecule has 2 rings (SSSR count). The highest BCUT2D eigenvalue weighted by Gasteiger charge is 2.39. The molecule has 1 aliphatic rings. The molecular weight excluding hydrogens is 298 g/mol. The molecule has 114 valence electrons. The molecule has 1 aromatic heterocycles. The maximum atomic E-state index is 12.8. The predicted octanol–water partition coefficient (Wildman–Crippen LogP) is 1.47. The summed E-state index contributed by atoms with van der Waals surface area (Å²) in [6.07, 6.45) is 2.17. The number of thiazole rings is 1. The molecule has 0 aliphatic heterocycles. The second-order valence-electron chi connectivity index (χ2n) is 5.11. The van der Waals surface area contributed by atoms with Crippen LogP contribution in [0.3, 0.4) is 0 Å². The molecular formula is C12H21N3O3S2. The van der Waals surface area contributed by atoms with Crippen LogP contribution >= 0.6 is 11.3 Å². The van der Waals surface area contributed by atoms with Crippen molar-refractivity contribution in [2.24, 2.45) is 5.92 Å². The van der Waals surface area contributed by atoms with Crippen molar-refractivity contribution >= 4 is 26.5 Å². The van der Waals surface area contributed by atoms with Crippen LogP contribution in [0.4, 0.5) is 5.13 Å². The van der Waals surface area contributed by atoms with Gasteiger partial charge in [-0.15, -0.1) is 0 Å². The smallest absolute Gasteiger partial charge is 0.254 e. The van der Waals surface area contributed by atoms with E-state index in [2.05, 4.69) is 4.98 Å². The third kappa shape index (κ3) is 3.13. The minimum Gasteiger partial charge on any atom is -0.383 e. The van der Waals surface area contributed by atoms with Crippen molar-refractivity contribution in [2.75, 3.05) is 26.0 Å². The van der Waals surface area contributed by atoms with E-state index in [1.807, 2.05) is 6.92 Å². The molecule has 8 heteroatoms. The fourth-order valence-electron chi connectivity index (χ4n) is 2.29. The van der Waals surface area contributed by atoms with Gasteiger partial charge in [0, 0.05) is 19.7 Å². The number of sulfonamides is 1. The lowest BCUT2D eigenvalue weighted by molar-refractivity contribution is 0.164. The van der Waals surface area contributed by atoms with E-state index in [4.69, 9.17) is 10.5 Å². The van der Waals surface area contributed by atoms with Gasteiger partial charge in [0.15, 0.2) is 9.34 Å². The van der Waals surface area contributed by atoms with Gasteiger partial charge in [-0.1, -0.05) is 11.3 Å². The van der Waals surface area contributed by atoms with Crippen LogP contribution in [-0.4, -0.2) is 44.0 Å². The van der Waals surface area contributed by atoms with Crippen molar-refractivity contribution in [3.63, 3.8) is 0 Å². The molecule has 1 aliphatic carbocycles. The molecule has 6 nitrogen and oxygen atoms in total. The van der Waals surface area contributed by atoms with E-state index in [0.717, 1.165) is 24.2 Å². The number of nitrogen functional groups attached to an aromatic ring is 1. The number of nitrogens with zero attached hydrogens (tertiary/aromatic N) is 2. The molecule has 1 aromatic rings. The van der Waals surface area contributed by atoms with Gasteiger partial charge in [0.05, 0.1) is 12.3 Å². The van der Waals surface area contributed by atoms with Crippen molar-refractivity contribution in [2.45, 2.75) is 36.9 Å². The van der Waals surface area contributed by atoms with Gasteiger partial charge in [0.1, 0.15) is 0 Å². The SMILES string of the molecule is COCCN(C(C)C1CC1)S(=O)(=O)c1sc(N)nc1C. The van der Waals surface area contributed by atoms with Crippen molar-refractivity contribution in [3.05, 3.63) is 5.69 Å². The standard InChI is InChI=1S/C12H21N3O3S2/c1-8-11(19-12(13)14-8)20(16,17)15(6-7-18-3)9(2)10-4-5-10/h9-10H,4-7H2,1-3H3,(H2,13,14). The Morgan fingerprint density at radius 3 is 2.65 bits per heavy atom. The Labute approximate surface area is 124 Å². The largest absolute Gasteiger partial charge is 0.383 e. The molecule has 0 aromatic carbocycles. The van der Waals surface area contributed by atoms with Crippen LogP contribution in [0.25, 0.3) is 0 Å². The van der Waals surface area contributed by atoms with Gasteiger partial charge in [0.25, 0.3) is 10.0 Å². The maximum Gasteiger partial charge on any atom is 0.254 e. The summed E-state index contributed by atoms with van der Waals surface area (Å²) in [5.74, 6) is 0.451. The molecule has 0 saturated heterocycles. The Hall–Kier alpha value is -0.700. The fraction of sp³-hybridized carbons (Fsp3) is 0.750. The summed E-state index contributed by atoms with van der Waals surface area (Å²) in [6, 6.07) is -0.0159. The van der Waals surface area contributed by atoms with Crippen molar-refractivity contribution in [3.8, 4) is 0 Å². The predicted molar refractivity (Wildman–Crippen MR) is 79.2 cm³/mol. The number of aryl methyl sites for hydroxylation is 1. The summed E-state index contributed by atoms with van der Waals surface area (Å²) >= 11 is 1.03. The third-order valence-corrected chi connectivity index (χ3v) is 7.15. The lowest BCUT2D eigenvalue weighted by Gasteiger charge is -2.27. The van der Waals surface area contributed by atoms with Gasteiger partial charge in [0.2, 0.25) is 0 Å². The Kier molecular flexibility index (Phi) is 4.68. The van der Waals surface area contributed by atoms with Gasteiger partial charge < -0.3 is 10.5 Å². The van der Waals surface area contributed by atoms with E-state index in [1.54, 1.807) is 14.0 Å². The highest BCUT2D eigenvalue weighted by atomic mass is 32.2. The van der Waals surface area contributed by atoms with E-state index >= 15 is 0 Å². The first kappa shape index (κ1) is 15.7. The van der Waals surface area contributed by atoms with Crippen LogP contribution in [0.2, 0.25) is 0 Å². The number of rotatable bonds is 7. The maximum absolute atomic E-state index is 12.8. The molecule has 0 amide bonds. The minimum absolute atomic E-state index is 0.0159. The first-order chi connectivity index (χ1) is 9.37. The van der Waals surface area contributed by atoms with Crippen molar-refractivity contribution < 1.29 is 13.2 Å². The normalized spacial score (nSPS) is 17.6. The van der Waals surface area contributed by atoms with Gasteiger partial charge in [-0.25, -0.2) is 13.4 Å². The summed E-state index contributed by atoms with van der Waals surface area (Å²) in [4.78, 5) is 4.02. The third-order valence-electron chi connectivity index (χ3n) is 3.59. The molecule has 2 N–H and O–H groups in total. The number of ether oxygens (including phenoxy) is 1. The highest BCUT2D eigenvalue weighted by molar-refractivity contribution is 7.91. The zero-order valence-corrected chi connectivity index (χ0v) is 13.6. The molecule has 0 bridgehead atoms. The van der Waals surface area contributed by atoms with Crippen LogP contribution in [0, 0.1) is 12.8 Å². The first-order valence-corrected chi connectivity index (χ1v) is 8.87. The molecule has 0 spiro atoms. The molecule has 20 heavy (non-hydrogen) atoms. The average Bonchev–Trinajstić information content (AvgIpc) is 3.15. The summed E-state index contributed by atoms with van der Waals surface area (Å²) in [5.41, 5.74) is 6.09. The summed E-state index contributed by atoms with van der Waals surface area (Å²) in [5, 5.41) is 0.284. The van der Waals surface area contributed by atoms with Crippen molar-refractivity contribution in [1.29, 1.82) is 0 Å². The molecule has 0 radical (unpaired) electrons. The Balaban J connectivity index is 2.32. The van der Waals surface area contributed by atoms with E-state index < -0.39 is 10.0 Å². The number of anilines is 1. The lowest BCUT2D eigenvalue weighted by Crippen LogP contribution is -2.41. The van der Waals surface area contributed by atoms with E-state index in [9.17, 15) is 8.42 Å². The fourth-order valence-corrected chi connectivity index (χ4v) is 5.37. The van der Waals surface area contributed by atoms with Crippen LogP contribution in [0.1, 0.15) is 25.5 Å².